The average molecular weight is 392 g/mol. The van der Waals surface area contributed by atoms with E-state index in [0.717, 1.165) is 4.47 Å². The lowest BCUT2D eigenvalue weighted by molar-refractivity contribution is -0.384. The molecule has 0 aliphatic carbocycles. The second-order valence-electron chi connectivity index (χ2n) is 4.73. The predicted molar refractivity (Wildman–Crippen MR) is 88.4 cm³/mol. The van der Waals surface area contributed by atoms with Gasteiger partial charge in [-0.2, -0.15) is 5.10 Å². The highest BCUT2D eigenvalue weighted by molar-refractivity contribution is 9.10. The molecular weight excluding hydrogens is 382 g/mol. The summed E-state index contributed by atoms with van der Waals surface area (Å²) in [4.78, 5) is 22.0. The minimum absolute atomic E-state index is 0.0839. The van der Waals surface area contributed by atoms with Crippen LogP contribution in [0.5, 0.6) is 11.5 Å². The maximum Gasteiger partial charge on any atom is 0.271 e. The zero-order valence-corrected chi connectivity index (χ0v) is 13.6. The number of hydrogen-bond donors (Lipinski definition) is 1. The Labute approximate surface area is 144 Å². The van der Waals surface area contributed by atoms with Crippen molar-refractivity contribution in [1.82, 2.24) is 5.43 Å². The van der Waals surface area contributed by atoms with E-state index < -0.39 is 10.8 Å². The molecule has 8 nitrogen and oxygen atoms in total. The summed E-state index contributed by atoms with van der Waals surface area (Å²) in [6, 6.07) is 8.72. The lowest BCUT2D eigenvalue weighted by Gasteiger charge is -2.02. The first-order chi connectivity index (χ1) is 11.5. The summed E-state index contributed by atoms with van der Waals surface area (Å²) in [5, 5.41) is 14.5. The van der Waals surface area contributed by atoms with Crippen molar-refractivity contribution in [2.45, 2.75) is 0 Å². The highest BCUT2D eigenvalue weighted by Gasteiger charge is 2.15. The van der Waals surface area contributed by atoms with E-state index in [-0.39, 0.29) is 18.0 Å². The molecule has 122 valence electrons. The summed E-state index contributed by atoms with van der Waals surface area (Å²) >= 11 is 3.38. The van der Waals surface area contributed by atoms with Crippen molar-refractivity contribution in [2.24, 2.45) is 5.10 Å². The van der Waals surface area contributed by atoms with E-state index in [1.807, 2.05) is 0 Å². The largest absolute Gasteiger partial charge is 0.454 e. The van der Waals surface area contributed by atoms with Gasteiger partial charge in [0.25, 0.3) is 11.6 Å². The molecule has 1 N–H and O–H groups in total. The Morgan fingerprint density at radius 3 is 2.58 bits per heavy atom. The summed E-state index contributed by atoms with van der Waals surface area (Å²) < 4.78 is 11.3. The molecule has 0 radical (unpaired) electrons. The second kappa shape index (κ2) is 6.67. The van der Waals surface area contributed by atoms with Crippen LogP contribution in [0.3, 0.4) is 0 Å². The molecular formula is C15H10BrN3O5. The zero-order chi connectivity index (χ0) is 17.1. The number of benzene rings is 2. The third-order valence-electron chi connectivity index (χ3n) is 3.20. The Bertz CT molecular complexity index is 836. The molecule has 0 saturated carbocycles. The van der Waals surface area contributed by atoms with Gasteiger partial charge in [-0.1, -0.05) is 0 Å². The molecule has 1 heterocycles. The van der Waals surface area contributed by atoms with Gasteiger partial charge < -0.3 is 9.47 Å². The van der Waals surface area contributed by atoms with E-state index in [4.69, 9.17) is 9.47 Å². The van der Waals surface area contributed by atoms with Crippen molar-refractivity contribution in [1.29, 1.82) is 0 Å². The minimum atomic E-state index is -0.531. The number of nitro groups is 1. The van der Waals surface area contributed by atoms with Crippen molar-refractivity contribution in [3.05, 3.63) is 62.1 Å². The molecule has 2 aromatic carbocycles. The molecule has 3 rings (SSSR count). The van der Waals surface area contributed by atoms with Gasteiger partial charge in [-0.3, -0.25) is 14.9 Å². The molecule has 9 heteroatoms. The van der Waals surface area contributed by atoms with Gasteiger partial charge in [-0.25, -0.2) is 5.43 Å². The number of amides is 1. The van der Waals surface area contributed by atoms with Crippen LogP contribution >= 0.6 is 15.9 Å². The van der Waals surface area contributed by atoms with Crippen LogP contribution in [0.4, 0.5) is 5.69 Å². The molecule has 0 unspecified atom stereocenters. The van der Waals surface area contributed by atoms with E-state index >= 15 is 0 Å². The maximum absolute atomic E-state index is 11.9. The number of carbonyl (C=O) groups excluding carboxylic acids is 1. The van der Waals surface area contributed by atoms with Crippen LogP contribution in [0.15, 0.2) is 46.0 Å². The molecule has 1 aliphatic heterocycles. The number of ether oxygens (including phenoxy) is 2. The van der Waals surface area contributed by atoms with Crippen molar-refractivity contribution in [3.8, 4) is 11.5 Å². The van der Waals surface area contributed by atoms with Gasteiger partial charge in [0, 0.05) is 27.7 Å². The van der Waals surface area contributed by atoms with Crippen LogP contribution in [0.25, 0.3) is 0 Å². The number of nitro benzene ring substituents is 1. The number of hydrazone groups is 1. The van der Waals surface area contributed by atoms with Crippen molar-refractivity contribution < 1.29 is 19.2 Å². The molecule has 0 fully saturated rings. The van der Waals surface area contributed by atoms with Gasteiger partial charge >= 0.3 is 0 Å². The molecule has 0 aromatic heterocycles. The van der Waals surface area contributed by atoms with E-state index in [1.54, 1.807) is 12.1 Å². The topological polar surface area (TPSA) is 103 Å². The van der Waals surface area contributed by atoms with Gasteiger partial charge in [-0.15, -0.1) is 0 Å². The maximum atomic E-state index is 11.9. The lowest BCUT2D eigenvalue weighted by atomic mass is 10.2. The SMILES string of the molecule is O=C(NN=Cc1cc2c(cc1Br)OCO2)c1ccc([N+](=O)[O-])cc1. The van der Waals surface area contributed by atoms with Crippen molar-refractivity contribution in [3.63, 3.8) is 0 Å². The van der Waals surface area contributed by atoms with Gasteiger partial charge in [0.15, 0.2) is 11.5 Å². The molecule has 1 amide bonds. The van der Waals surface area contributed by atoms with Crippen LogP contribution < -0.4 is 14.9 Å². The third kappa shape index (κ3) is 3.35. The van der Waals surface area contributed by atoms with E-state index in [9.17, 15) is 14.9 Å². The molecule has 2 aromatic rings. The fraction of sp³-hybridized carbons (Fsp3) is 0.0667. The van der Waals surface area contributed by atoms with E-state index in [0.29, 0.717) is 17.1 Å². The van der Waals surface area contributed by atoms with E-state index in [1.165, 1.54) is 30.5 Å². The highest BCUT2D eigenvalue weighted by Crippen LogP contribution is 2.36. The standard InChI is InChI=1S/C15H10BrN3O5/c16-12-6-14-13(23-8-24-14)5-10(12)7-17-18-15(20)9-1-3-11(4-2-9)19(21)22/h1-7H,8H2,(H,18,20). The number of non-ortho nitro benzene ring substituents is 1. The van der Waals surface area contributed by atoms with Crippen LogP contribution in [0.2, 0.25) is 0 Å². The Kier molecular flexibility index (Phi) is 4.43. The average Bonchev–Trinajstić information content (AvgIpc) is 3.02. The summed E-state index contributed by atoms with van der Waals surface area (Å²) in [5.41, 5.74) is 3.24. The van der Waals surface area contributed by atoms with Gasteiger partial charge in [0.1, 0.15) is 0 Å². The van der Waals surface area contributed by atoms with Crippen LogP contribution in [-0.4, -0.2) is 23.8 Å². The molecule has 24 heavy (non-hydrogen) atoms. The number of rotatable bonds is 4. The number of fused-ring (bicyclic) bond motifs is 1. The van der Waals surface area contributed by atoms with Crippen LogP contribution in [0, 0.1) is 10.1 Å². The number of nitrogens with one attached hydrogen (secondary N) is 1. The quantitative estimate of drug-likeness (QED) is 0.490. The Hall–Kier alpha value is -2.94. The summed E-state index contributed by atoms with van der Waals surface area (Å²) in [7, 11) is 0. The van der Waals surface area contributed by atoms with Crippen molar-refractivity contribution >= 4 is 33.7 Å². The van der Waals surface area contributed by atoms with Gasteiger partial charge in [0.05, 0.1) is 11.1 Å². The molecule has 0 bridgehead atoms. The summed E-state index contributed by atoms with van der Waals surface area (Å²) in [6.07, 6.45) is 1.45. The second-order valence-corrected chi connectivity index (χ2v) is 5.58. The summed E-state index contributed by atoms with van der Waals surface area (Å²) in [6.45, 7) is 0.166. The van der Waals surface area contributed by atoms with E-state index in [2.05, 4.69) is 26.5 Å². The van der Waals surface area contributed by atoms with Crippen LogP contribution in [-0.2, 0) is 0 Å². The minimum Gasteiger partial charge on any atom is -0.454 e. The Morgan fingerprint density at radius 2 is 1.92 bits per heavy atom. The molecule has 0 atom stereocenters. The monoisotopic (exact) mass is 391 g/mol. The fourth-order valence-electron chi connectivity index (χ4n) is 1.99. The third-order valence-corrected chi connectivity index (χ3v) is 3.89. The predicted octanol–water partition coefficient (Wildman–Crippen LogP) is 2.85. The summed E-state index contributed by atoms with van der Waals surface area (Å²) in [5.74, 6) is 0.758. The number of carbonyl (C=O) groups is 1. The highest BCUT2D eigenvalue weighted by atomic mass is 79.9. The van der Waals surface area contributed by atoms with Gasteiger partial charge in [-0.05, 0) is 40.2 Å². The lowest BCUT2D eigenvalue weighted by Crippen LogP contribution is -2.17. The fourth-order valence-corrected chi connectivity index (χ4v) is 2.42. The smallest absolute Gasteiger partial charge is 0.271 e. The Balaban J connectivity index is 1.68. The number of halogens is 1. The van der Waals surface area contributed by atoms with Gasteiger partial charge in [0.2, 0.25) is 6.79 Å². The molecule has 0 saturated heterocycles. The Morgan fingerprint density at radius 1 is 1.25 bits per heavy atom. The molecule has 0 spiro atoms. The first-order valence-corrected chi connectivity index (χ1v) is 7.51. The number of nitrogens with zero attached hydrogens (tertiary/aromatic N) is 2. The first-order valence-electron chi connectivity index (χ1n) is 6.71. The zero-order valence-electron chi connectivity index (χ0n) is 12.1. The first kappa shape index (κ1) is 15.9. The van der Waals surface area contributed by atoms with Crippen molar-refractivity contribution in [2.75, 3.05) is 6.79 Å². The molecule has 1 aliphatic rings. The normalized spacial score (nSPS) is 12.4. The number of hydrogen-bond acceptors (Lipinski definition) is 6. The van der Waals surface area contributed by atoms with Crippen LogP contribution in [0.1, 0.15) is 15.9 Å².